The lowest BCUT2D eigenvalue weighted by atomic mass is 10.4. The second-order valence-electron chi connectivity index (χ2n) is 2.00. The summed E-state index contributed by atoms with van der Waals surface area (Å²) in [5, 5.41) is 10.9. The zero-order chi connectivity index (χ0) is 6.97. The van der Waals surface area contributed by atoms with Gasteiger partial charge in [0.25, 0.3) is 5.52 Å². The van der Waals surface area contributed by atoms with Crippen LogP contribution in [0.3, 0.4) is 0 Å². The van der Waals surface area contributed by atoms with Gasteiger partial charge in [-0.05, 0) is 6.07 Å². The predicted molar refractivity (Wildman–Crippen MR) is 35.2 cm³/mol. The molecule has 0 saturated carbocycles. The van der Waals surface area contributed by atoms with Crippen LogP contribution in [0.25, 0.3) is 11.1 Å². The fraction of sp³-hybridized carbons (Fsp3) is 0. The Morgan fingerprint density at radius 3 is 3.10 bits per heavy atom. The summed E-state index contributed by atoms with van der Waals surface area (Å²) >= 11 is 0. The van der Waals surface area contributed by atoms with E-state index in [0.29, 0.717) is 11.1 Å². The number of furan rings is 1. The number of rotatable bonds is 0. The van der Waals surface area contributed by atoms with Crippen molar-refractivity contribution in [3.05, 3.63) is 35.9 Å². The van der Waals surface area contributed by atoms with E-state index < -0.39 is 0 Å². The Labute approximate surface area is 57.1 Å². The van der Waals surface area contributed by atoms with Crippen LogP contribution in [0.15, 0.2) is 35.1 Å². The fourth-order valence-corrected chi connectivity index (χ4v) is 0.910. The molecule has 0 fully saturated rings. The number of nitrogens with zero attached hydrogens (tertiary/aromatic N) is 1. The van der Waals surface area contributed by atoms with E-state index in [1.54, 1.807) is 18.2 Å². The molecule has 0 aliphatic heterocycles. The molecule has 0 aliphatic rings. The molecule has 3 nitrogen and oxygen atoms in total. The molecule has 0 aliphatic carbocycles. The van der Waals surface area contributed by atoms with Crippen molar-refractivity contribution in [1.29, 1.82) is 0 Å². The number of hydrogen-bond donors (Lipinski definition) is 0. The minimum Gasteiger partial charge on any atom is -0.618 e. The van der Waals surface area contributed by atoms with Crippen molar-refractivity contribution >= 4 is 11.1 Å². The van der Waals surface area contributed by atoms with Crippen LogP contribution in [-0.2, 0) is 0 Å². The molecule has 0 N–H and O–H groups in total. The Morgan fingerprint density at radius 2 is 2.30 bits per heavy atom. The van der Waals surface area contributed by atoms with Crippen LogP contribution >= 0.6 is 0 Å². The average molecular weight is 135 g/mol. The van der Waals surface area contributed by atoms with Gasteiger partial charge in [0.1, 0.15) is 0 Å². The van der Waals surface area contributed by atoms with Crippen molar-refractivity contribution in [3.8, 4) is 0 Å². The summed E-state index contributed by atoms with van der Waals surface area (Å²) in [5.41, 5.74) is 1.19. The van der Waals surface area contributed by atoms with E-state index in [9.17, 15) is 5.21 Å². The Hall–Kier alpha value is -1.51. The minimum atomic E-state index is 0.572. The summed E-state index contributed by atoms with van der Waals surface area (Å²) in [4.78, 5) is 0. The van der Waals surface area contributed by atoms with Gasteiger partial charge < -0.3 is 9.62 Å². The van der Waals surface area contributed by atoms with E-state index in [4.69, 9.17) is 4.42 Å². The van der Waals surface area contributed by atoms with Crippen molar-refractivity contribution in [2.75, 3.05) is 0 Å². The molecule has 0 spiro atoms. The van der Waals surface area contributed by atoms with E-state index in [0.717, 1.165) is 4.73 Å². The van der Waals surface area contributed by atoms with Gasteiger partial charge in [0, 0.05) is 6.07 Å². The van der Waals surface area contributed by atoms with Gasteiger partial charge in [-0.15, -0.1) is 0 Å². The van der Waals surface area contributed by atoms with Gasteiger partial charge in [0.2, 0.25) is 0 Å². The van der Waals surface area contributed by atoms with Crippen molar-refractivity contribution in [2.24, 2.45) is 0 Å². The van der Waals surface area contributed by atoms with Gasteiger partial charge >= 0.3 is 0 Å². The van der Waals surface area contributed by atoms with Crippen LogP contribution in [0.5, 0.6) is 0 Å². The number of fused-ring (bicyclic) bond motifs is 1. The Balaban J connectivity index is 2.95. The fourth-order valence-electron chi connectivity index (χ4n) is 0.910. The minimum absolute atomic E-state index is 0.572. The van der Waals surface area contributed by atoms with Crippen molar-refractivity contribution in [3.63, 3.8) is 0 Å². The van der Waals surface area contributed by atoms with Crippen molar-refractivity contribution in [2.45, 2.75) is 0 Å². The molecule has 2 aromatic heterocycles. The molecule has 2 rings (SSSR count). The summed E-state index contributed by atoms with van der Waals surface area (Å²) in [6, 6.07) is 5.05. The van der Waals surface area contributed by atoms with Crippen molar-refractivity contribution < 1.29 is 9.15 Å². The molecule has 0 bridgehead atoms. The molecule has 3 heteroatoms. The van der Waals surface area contributed by atoms with E-state index >= 15 is 0 Å². The number of aromatic nitrogens is 1. The highest BCUT2D eigenvalue weighted by Crippen LogP contribution is 2.08. The topological polar surface area (TPSA) is 40.1 Å². The molecule has 0 aromatic carbocycles. The van der Waals surface area contributed by atoms with Crippen LogP contribution in [0.4, 0.5) is 0 Å². The van der Waals surface area contributed by atoms with Crippen molar-refractivity contribution in [1.82, 2.24) is 0 Å². The zero-order valence-electron chi connectivity index (χ0n) is 5.15. The number of hydrogen-bond acceptors (Lipinski definition) is 2. The largest absolute Gasteiger partial charge is 0.618 e. The van der Waals surface area contributed by atoms with Crippen LogP contribution in [0.2, 0.25) is 0 Å². The second-order valence-corrected chi connectivity index (χ2v) is 2.00. The lowest BCUT2D eigenvalue weighted by Gasteiger charge is -1.92. The average Bonchev–Trinajstić information content (AvgIpc) is 2.36. The van der Waals surface area contributed by atoms with Gasteiger partial charge in [0.05, 0.1) is 12.3 Å². The third-order valence-electron chi connectivity index (χ3n) is 1.38. The van der Waals surface area contributed by atoms with Gasteiger partial charge in [-0.3, -0.25) is 0 Å². The highest BCUT2D eigenvalue weighted by atomic mass is 16.5. The lowest BCUT2D eigenvalue weighted by molar-refractivity contribution is -0.577. The first-order valence-corrected chi connectivity index (χ1v) is 2.93. The smallest absolute Gasteiger partial charge is 0.262 e. The van der Waals surface area contributed by atoms with Gasteiger partial charge in [-0.25, -0.2) is 0 Å². The van der Waals surface area contributed by atoms with Gasteiger partial charge in [-0.1, -0.05) is 0 Å². The highest BCUT2D eigenvalue weighted by molar-refractivity contribution is 5.67. The van der Waals surface area contributed by atoms with Gasteiger partial charge in [0.15, 0.2) is 11.8 Å². The first kappa shape index (κ1) is 5.29. The SMILES string of the molecule is [O-][n+]1cccc2occc21. The first-order chi connectivity index (χ1) is 4.88. The van der Waals surface area contributed by atoms with E-state index in [1.165, 1.54) is 12.5 Å². The molecule has 0 saturated heterocycles. The maximum Gasteiger partial charge on any atom is 0.262 e. The summed E-state index contributed by atoms with van der Waals surface area (Å²) in [6.45, 7) is 0. The molecule has 2 aromatic rings. The number of pyridine rings is 1. The molecular weight excluding hydrogens is 130 g/mol. The summed E-state index contributed by atoms with van der Waals surface area (Å²) in [7, 11) is 0. The quantitative estimate of drug-likeness (QED) is 0.400. The third kappa shape index (κ3) is 0.572. The molecule has 0 atom stereocenters. The maximum atomic E-state index is 10.9. The van der Waals surface area contributed by atoms with E-state index in [2.05, 4.69) is 0 Å². The third-order valence-corrected chi connectivity index (χ3v) is 1.38. The predicted octanol–water partition coefficient (Wildman–Crippen LogP) is 1.07. The highest BCUT2D eigenvalue weighted by Gasteiger charge is 2.02. The lowest BCUT2D eigenvalue weighted by Crippen LogP contribution is -2.24. The molecule has 0 unspecified atom stereocenters. The first-order valence-electron chi connectivity index (χ1n) is 2.93. The molecule has 50 valence electrons. The molecule has 0 radical (unpaired) electrons. The monoisotopic (exact) mass is 135 g/mol. The van der Waals surface area contributed by atoms with Gasteiger partial charge in [-0.2, -0.15) is 4.73 Å². The van der Waals surface area contributed by atoms with E-state index in [-0.39, 0.29) is 0 Å². The molecule has 2 heterocycles. The second kappa shape index (κ2) is 1.73. The Morgan fingerprint density at radius 1 is 1.40 bits per heavy atom. The van der Waals surface area contributed by atoms with Crippen LogP contribution in [0.1, 0.15) is 0 Å². The Kier molecular flexibility index (Phi) is 0.917. The summed E-state index contributed by atoms with van der Waals surface area (Å²) in [6.07, 6.45) is 2.94. The molecular formula is C7H5NO2. The Bertz CT molecular complexity index is 353. The standard InChI is InChI=1S/C7H5NO2/c9-8-4-1-2-7-6(8)3-5-10-7/h1-5H. The maximum absolute atomic E-state index is 10.9. The summed E-state index contributed by atoms with van der Waals surface area (Å²) < 4.78 is 5.75. The molecule has 0 amide bonds. The molecule has 10 heavy (non-hydrogen) atoms. The normalized spacial score (nSPS) is 10.4. The van der Waals surface area contributed by atoms with E-state index in [1.807, 2.05) is 0 Å². The van der Waals surface area contributed by atoms with Crippen LogP contribution in [-0.4, -0.2) is 0 Å². The van der Waals surface area contributed by atoms with Crippen LogP contribution < -0.4 is 4.73 Å². The van der Waals surface area contributed by atoms with Crippen LogP contribution in [0, 0.1) is 5.21 Å². The zero-order valence-corrected chi connectivity index (χ0v) is 5.15. The summed E-state index contributed by atoms with van der Waals surface area (Å²) in [5.74, 6) is 0.